The van der Waals surface area contributed by atoms with Crippen LogP contribution in [0.25, 0.3) is 11.1 Å². The Morgan fingerprint density at radius 1 is 0.850 bits per heavy atom. The van der Waals surface area contributed by atoms with Crippen LogP contribution in [-0.4, -0.2) is 6.54 Å². The lowest BCUT2D eigenvalue weighted by Crippen LogP contribution is -2.38. The molecule has 1 aliphatic carbocycles. The van der Waals surface area contributed by atoms with E-state index >= 15 is 0 Å². The number of hydrogen-bond acceptors (Lipinski definition) is 1. The van der Waals surface area contributed by atoms with Crippen molar-refractivity contribution in [2.24, 2.45) is 5.92 Å². The van der Waals surface area contributed by atoms with Crippen LogP contribution in [0.15, 0.2) is 54.6 Å². The molecule has 0 spiro atoms. The summed E-state index contributed by atoms with van der Waals surface area (Å²) >= 11 is 0. The van der Waals surface area contributed by atoms with Gasteiger partial charge in [-0.15, -0.1) is 0 Å². The SMILES string of the molecule is c1ccc(-c2ccc(C3(C4CC4)CCCN3)cc2)cc1. The van der Waals surface area contributed by atoms with Crippen LogP contribution < -0.4 is 5.32 Å². The van der Waals surface area contributed by atoms with Crippen LogP contribution in [0, 0.1) is 5.92 Å². The quantitative estimate of drug-likeness (QED) is 0.868. The molecule has 0 radical (unpaired) electrons. The van der Waals surface area contributed by atoms with E-state index in [0.29, 0.717) is 0 Å². The zero-order chi connectivity index (χ0) is 13.4. The first-order valence-electron chi connectivity index (χ1n) is 7.79. The lowest BCUT2D eigenvalue weighted by Gasteiger charge is -2.30. The molecule has 20 heavy (non-hydrogen) atoms. The molecule has 2 aromatic rings. The van der Waals surface area contributed by atoms with E-state index in [0.717, 1.165) is 5.92 Å². The van der Waals surface area contributed by atoms with Gasteiger partial charge in [0.2, 0.25) is 0 Å². The highest BCUT2D eigenvalue weighted by molar-refractivity contribution is 5.63. The molecule has 0 amide bonds. The highest BCUT2D eigenvalue weighted by Gasteiger charge is 2.47. The van der Waals surface area contributed by atoms with Crippen LogP contribution in [0.3, 0.4) is 0 Å². The Morgan fingerprint density at radius 3 is 2.15 bits per heavy atom. The minimum Gasteiger partial charge on any atom is -0.307 e. The van der Waals surface area contributed by atoms with Crippen molar-refractivity contribution < 1.29 is 0 Å². The number of hydrogen-bond donors (Lipinski definition) is 1. The van der Waals surface area contributed by atoms with Gasteiger partial charge in [0.1, 0.15) is 0 Å². The summed E-state index contributed by atoms with van der Waals surface area (Å²) in [5.41, 5.74) is 4.41. The van der Waals surface area contributed by atoms with Gasteiger partial charge in [0.25, 0.3) is 0 Å². The summed E-state index contributed by atoms with van der Waals surface area (Å²) < 4.78 is 0. The van der Waals surface area contributed by atoms with Gasteiger partial charge in [-0.25, -0.2) is 0 Å². The van der Waals surface area contributed by atoms with E-state index in [-0.39, 0.29) is 5.54 Å². The third-order valence-electron chi connectivity index (χ3n) is 4.97. The monoisotopic (exact) mass is 263 g/mol. The predicted molar refractivity (Wildman–Crippen MR) is 83.5 cm³/mol. The topological polar surface area (TPSA) is 12.0 Å². The molecule has 0 aromatic heterocycles. The van der Waals surface area contributed by atoms with E-state index in [2.05, 4.69) is 59.9 Å². The largest absolute Gasteiger partial charge is 0.307 e. The first kappa shape index (κ1) is 12.2. The first-order valence-corrected chi connectivity index (χ1v) is 7.79. The van der Waals surface area contributed by atoms with Crippen molar-refractivity contribution >= 4 is 0 Å². The molecule has 1 saturated carbocycles. The molecule has 1 unspecified atom stereocenters. The van der Waals surface area contributed by atoms with Crippen molar-refractivity contribution in [2.45, 2.75) is 31.2 Å². The third-order valence-corrected chi connectivity index (χ3v) is 4.97. The average molecular weight is 263 g/mol. The van der Waals surface area contributed by atoms with E-state index in [9.17, 15) is 0 Å². The van der Waals surface area contributed by atoms with Crippen molar-refractivity contribution in [2.75, 3.05) is 6.54 Å². The number of nitrogens with one attached hydrogen (secondary N) is 1. The first-order chi connectivity index (χ1) is 9.88. The Balaban J connectivity index is 1.67. The van der Waals surface area contributed by atoms with Crippen molar-refractivity contribution in [1.29, 1.82) is 0 Å². The molecule has 1 heterocycles. The van der Waals surface area contributed by atoms with Gasteiger partial charge in [-0.05, 0) is 54.8 Å². The number of benzene rings is 2. The third kappa shape index (κ3) is 1.97. The summed E-state index contributed by atoms with van der Waals surface area (Å²) in [6, 6.07) is 19.9. The summed E-state index contributed by atoms with van der Waals surface area (Å²) in [7, 11) is 0. The van der Waals surface area contributed by atoms with Crippen molar-refractivity contribution in [3.63, 3.8) is 0 Å². The zero-order valence-corrected chi connectivity index (χ0v) is 11.8. The fraction of sp³-hybridized carbons (Fsp3) is 0.368. The smallest absolute Gasteiger partial charge is 0.0463 e. The van der Waals surface area contributed by atoms with Crippen LogP contribution in [0.2, 0.25) is 0 Å². The molecule has 1 aliphatic heterocycles. The van der Waals surface area contributed by atoms with E-state index < -0.39 is 0 Å². The van der Waals surface area contributed by atoms with Gasteiger partial charge in [-0.2, -0.15) is 0 Å². The second-order valence-corrected chi connectivity index (χ2v) is 6.22. The Bertz CT molecular complexity index is 575. The second-order valence-electron chi connectivity index (χ2n) is 6.22. The van der Waals surface area contributed by atoms with Crippen molar-refractivity contribution in [3.05, 3.63) is 60.2 Å². The molecule has 2 aromatic carbocycles. The lowest BCUT2D eigenvalue weighted by atomic mass is 9.83. The van der Waals surface area contributed by atoms with Crippen LogP contribution >= 0.6 is 0 Å². The highest BCUT2D eigenvalue weighted by Crippen LogP contribution is 2.50. The Morgan fingerprint density at radius 2 is 1.55 bits per heavy atom. The summed E-state index contributed by atoms with van der Waals surface area (Å²) in [5.74, 6) is 0.868. The van der Waals surface area contributed by atoms with Gasteiger partial charge in [0, 0.05) is 5.54 Å². The van der Waals surface area contributed by atoms with Gasteiger partial charge in [0.05, 0.1) is 0 Å². The maximum absolute atomic E-state index is 3.81. The van der Waals surface area contributed by atoms with Gasteiger partial charge >= 0.3 is 0 Å². The summed E-state index contributed by atoms with van der Waals surface area (Å²) in [6.45, 7) is 1.18. The molecule has 1 atom stereocenters. The lowest BCUT2D eigenvalue weighted by molar-refractivity contribution is 0.336. The minimum atomic E-state index is 0.287. The van der Waals surface area contributed by atoms with Crippen LogP contribution in [0.4, 0.5) is 0 Å². The fourth-order valence-corrected chi connectivity index (χ4v) is 3.76. The molecule has 1 N–H and O–H groups in total. The summed E-state index contributed by atoms with van der Waals surface area (Å²) in [6.07, 6.45) is 5.42. The molecular formula is C19H21N. The molecule has 4 rings (SSSR count). The Labute approximate surface area is 121 Å². The molecule has 102 valence electrons. The van der Waals surface area contributed by atoms with Crippen molar-refractivity contribution in [1.82, 2.24) is 5.32 Å². The van der Waals surface area contributed by atoms with Gasteiger partial charge in [-0.1, -0.05) is 54.6 Å². The Kier molecular flexibility index (Phi) is 2.89. The van der Waals surface area contributed by atoms with Crippen LogP contribution in [0.1, 0.15) is 31.2 Å². The summed E-state index contributed by atoms with van der Waals surface area (Å²) in [4.78, 5) is 0. The number of rotatable bonds is 3. The van der Waals surface area contributed by atoms with Crippen LogP contribution in [-0.2, 0) is 5.54 Å². The van der Waals surface area contributed by atoms with Crippen LogP contribution in [0.5, 0.6) is 0 Å². The van der Waals surface area contributed by atoms with E-state index in [1.165, 1.54) is 48.9 Å². The van der Waals surface area contributed by atoms with E-state index in [1.54, 1.807) is 0 Å². The second kappa shape index (κ2) is 4.75. The van der Waals surface area contributed by atoms with E-state index in [1.807, 2.05) is 0 Å². The molecule has 1 heteroatoms. The average Bonchev–Trinajstić information content (AvgIpc) is 3.27. The molecule has 1 nitrogen and oxygen atoms in total. The Hall–Kier alpha value is -1.60. The van der Waals surface area contributed by atoms with Gasteiger partial charge in [-0.3, -0.25) is 0 Å². The maximum Gasteiger partial charge on any atom is 0.0463 e. The maximum atomic E-state index is 3.81. The van der Waals surface area contributed by atoms with E-state index in [4.69, 9.17) is 0 Å². The van der Waals surface area contributed by atoms with Crippen molar-refractivity contribution in [3.8, 4) is 11.1 Å². The fourth-order valence-electron chi connectivity index (χ4n) is 3.76. The zero-order valence-electron chi connectivity index (χ0n) is 11.8. The summed E-state index contributed by atoms with van der Waals surface area (Å²) in [5, 5.41) is 3.81. The minimum absolute atomic E-state index is 0.287. The molecule has 0 bridgehead atoms. The molecule has 1 saturated heterocycles. The standard InChI is InChI=1S/C19H21N/c1-2-5-15(6-3-1)16-7-9-17(10-8-16)19(18-11-12-18)13-4-14-20-19/h1-3,5-10,18,20H,4,11-14H2. The highest BCUT2D eigenvalue weighted by atomic mass is 15.0. The normalized spacial score (nSPS) is 25.8. The molecule has 2 aliphatic rings. The molecule has 2 fully saturated rings. The molecular weight excluding hydrogens is 242 g/mol. The van der Waals surface area contributed by atoms with Gasteiger partial charge < -0.3 is 5.32 Å². The predicted octanol–water partition coefficient (Wildman–Crippen LogP) is 4.34. The van der Waals surface area contributed by atoms with Gasteiger partial charge in [0.15, 0.2) is 0 Å².